The minimum absolute atomic E-state index is 0.255. The minimum Gasteiger partial charge on any atom is -0.347 e. The molecule has 0 aliphatic heterocycles. The number of hydrogen-bond donors (Lipinski definition) is 0. The van der Waals surface area contributed by atoms with Gasteiger partial charge in [-0.1, -0.05) is 6.07 Å². The molecule has 0 saturated carbocycles. The van der Waals surface area contributed by atoms with Crippen LogP contribution in [0.15, 0.2) is 18.2 Å². The molecule has 6 heteroatoms. The van der Waals surface area contributed by atoms with Gasteiger partial charge < -0.3 is 4.90 Å². The molecular weight excluding hydrogens is 276 g/mol. The lowest BCUT2D eigenvalue weighted by Crippen LogP contribution is -2.47. The highest BCUT2D eigenvalue weighted by Crippen LogP contribution is 2.24. The van der Waals surface area contributed by atoms with Gasteiger partial charge in [-0.15, -0.1) is 0 Å². The van der Waals surface area contributed by atoms with E-state index in [1.165, 1.54) is 9.21 Å². The predicted octanol–water partition coefficient (Wildman–Crippen LogP) is 1.55. The quantitative estimate of drug-likeness (QED) is 0.847. The normalized spacial score (nSPS) is 12.9. The molecule has 5 nitrogen and oxygen atoms in total. The molecule has 1 rings (SSSR count). The zero-order valence-corrected chi connectivity index (χ0v) is 13.7. The summed E-state index contributed by atoms with van der Waals surface area (Å²) in [5.74, 6) is -0.255. The van der Waals surface area contributed by atoms with Crippen molar-refractivity contribution in [2.24, 2.45) is 0 Å². The van der Waals surface area contributed by atoms with Crippen LogP contribution in [0.25, 0.3) is 0 Å². The number of aryl methyl sites for hydroxylation is 2. The molecule has 1 amide bonds. The molecule has 1 atom stereocenters. The van der Waals surface area contributed by atoms with E-state index in [0.29, 0.717) is 5.69 Å². The van der Waals surface area contributed by atoms with Crippen LogP contribution in [0.2, 0.25) is 0 Å². The first-order valence-corrected chi connectivity index (χ1v) is 8.17. The third kappa shape index (κ3) is 3.72. The van der Waals surface area contributed by atoms with Gasteiger partial charge in [-0.2, -0.15) is 0 Å². The molecule has 0 heterocycles. The van der Waals surface area contributed by atoms with E-state index in [-0.39, 0.29) is 5.91 Å². The Balaban J connectivity index is 3.37. The third-order valence-electron chi connectivity index (χ3n) is 2.97. The number of likely N-dealkylation sites (N-methyl/N-ethyl adjacent to an activating group) is 1. The van der Waals surface area contributed by atoms with Crippen LogP contribution < -0.4 is 4.31 Å². The summed E-state index contributed by atoms with van der Waals surface area (Å²) < 4.78 is 25.3. The van der Waals surface area contributed by atoms with Crippen molar-refractivity contribution in [3.8, 4) is 0 Å². The Morgan fingerprint density at radius 2 is 1.55 bits per heavy atom. The molecule has 0 bridgehead atoms. The molecule has 0 radical (unpaired) electrons. The number of nitrogens with zero attached hydrogens (tertiary/aromatic N) is 2. The van der Waals surface area contributed by atoms with Gasteiger partial charge >= 0.3 is 0 Å². The molecule has 1 unspecified atom stereocenters. The van der Waals surface area contributed by atoms with Gasteiger partial charge in [0.25, 0.3) is 0 Å². The molecule has 0 aliphatic rings. The maximum atomic E-state index is 12.1. The molecule has 112 valence electrons. The molecule has 0 spiro atoms. The number of carbonyl (C=O) groups excluding carboxylic acids is 1. The summed E-state index contributed by atoms with van der Waals surface area (Å²) in [6.07, 6.45) is 1.12. The van der Waals surface area contributed by atoms with Crippen LogP contribution in [0, 0.1) is 13.8 Å². The van der Waals surface area contributed by atoms with Gasteiger partial charge in [0.15, 0.2) is 0 Å². The highest BCUT2D eigenvalue weighted by Gasteiger charge is 2.30. The van der Waals surface area contributed by atoms with Crippen LogP contribution in [0.5, 0.6) is 0 Å². The van der Waals surface area contributed by atoms with E-state index < -0.39 is 16.1 Å². The van der Waals surface area contributed by atoms with Gasteiger partial charge in [-0.05, 0) is 44.0 Å². The monoisotopic (exact) mass is 298 g/mol. The lowest BCUT2D eigenvalue weighted by molar-refractivity contribution is -0.129. The Kier molecular flexibility index (Phi) is 4.81. The SMILES string of the molecule is Cc1cc(C)cc(N(C(C)C(=O)N(C)C)S(C)(=O)=O)c1. The summed E-state index contributed by atoms with van der Waals surface area (Å²) in [6.45, 7) is 5.39. The second kappa shape index (κ2) is 5.83. The minimum atomic E-state index is -3.54. The molecule has 0 aromatic heterocycles. The molecule has 0 aliphatic carbocycles. The summed E-state index contributed by atoms with van der Waals surface area (Å²) >= 11 is 0. The van der Waals surface area contributed by atoms with Crippen molar-refractivity contribution < 1.29 is 13.2 Å². The Morgan fingerprint density at radius 3 is 1.90 bits per heavy atom. The maximum Gasteiger partial charge on any atom is 0.245 e. The molecule has 1 aromatic carbocycles. The molecule has 1 aromatic rings. The van der Waals surface area contributed by atoms with E-state index in [1.54, 1.807) is 33.2 Å². The Morgan fingerprint density at radius 1 is 1.10 bits per heavy atom. The number of rotatable bonds is 4. The number of benzene rings is 1. The predicted molar refractivity (Wildman–Crippen MR) is 81.4 cm³/mol. The lowest BCUT2D eigenvalue weighted by atomic mass is 10.1. The first-order valence-electron chi connectivity index (χ1n) is 6.33. The van der Waals surface area contributed by atoms with Crippen molar-refractivity contribution in [2.75, 3.05) is 24.7 Å². The van der Waals surface area contributed by atoms with Crippen molar-refractivity contribution in [3.05, 3.63) is 29.3 Å². The van der Waals surface area contributed by atoms with E-state index >= 15 is 0 Å². The van der Waals surface area contributed by atoms with Crippen LogP contribution in [-0.4, -0.2) is 45.6 Å². The largest absolute Gasteiger partial charge is 0.347 e. The fourth-order valence-corrected chi connectivity index (χ4v) is 3.41. The first-order chi connectivity index (χ1) is 9.04. The summed E-state index contributed by atoms with van der Waals surface area (Å²) in [6, 6.07) is 4.73. The van der Waals surface area contributed by atoms with E-state index in [2.05, 4.69) is 0 Å². The zero-order valence-electron chi connectivity index (χ0n) is 12.8. The first kappa shape index (κ1) is 16.5. The van der Waals surface area contributed by atoms with Crippen molar-refractivity contribution in [1.29, 1.82) is 0 Å². The maximum absolute atomic E-state index is 12.1. The van der Waals surface area contributed by atoms with Gasteiger partial charge in [0, 0.05) is 14.1 Å². The van der Waals surface area contributed by atoms with Gasteiger partial charge in [0.1, 0.15) is 6.04 Å². The average molecular weight is 298 g/mol. The van der Waals surface area contributed by atoms with Gasteiger partial charge in [0.2, 0.25) is 15.9 Å². The fraction of sp³-hybridized carbons (Fsp3) is 0.500. The van der Waals surface area contributed by atoms with E-state index in [9.17, 15) is 13.2 Å². The second-order valence-electron chi connectivity index (χ2n) is 5.31. The van der Waals surface area contributed by atoms with Crippen molar-refractivity contribution in [1.82, 2.24) is 4.90 Å². The van der Waals surface area contributed by atoms with Crippen LogP contribution in [-0.2, 0) is 14.8 Å². The lowest BCUT2D eigenvalue weighted by Gasteiger charge is -2.30. The average Bonchev–Trinajstić information content (AvgIpc) is 2.24. The van der Waals surface area contributed by atoms with E-state index in [4.69, 9.17) is 0 Å². The van der Waals surface area contributed by atoms with Gasteiger partial charge in [-0.3, -0.25) is 9.10 Å². The number of amides is 1. The van der Waals surface area contributed by atoms with Gasteiger partial charge in [0.05, 0.1) is 11.9 Å². The van der Waals surface area contributed by atoms with Crippen molar-refractivity contribution in [2.45, 2.75) is 26.8 Å². The summed E-state index contributed by atoms with van der Waals surface area (Å²) in [7, 11) is -0.320. The van der Waals surface area contributed by atoms with Crippen LogP contribution in [0.3, 0.4) is 0 Å². The number of carbonyl (C=O) groups is 1. The second-order valence-corrected chi connectivity index (χ2v) is 7.17. The van der Waals surface area contributed by atoms with Crippen LogP contribution in [0.1, 0.15) is 18.1 Å². The van der Waals surface area contributed by atoms with Crippen molar-refractivity contribution >= 4 is 21.6 Å². The van der Waals surface area contributed by atoms with E-state index in [1.807, 2.05) is 19.9 Å². The molecule has 0 fully saturated rings. The Hall–Kier alpha value is -1.56. The summed E-state index contributed by atoms with van der Waals surface area (Å²) in [5, 5.41) is 0. The van der Waals surface area contributed by atoms with Gasteiger partial charge in [-0.25, -0.2) is 8.42 Å². The van der Waals surface area contributed by atoms with Crippen LogP contribution >= 0.6 is 0 Å². The highest BCUT2D eigenvalue weighted by molar-refractivity contribution is 7.92. The Bertz CT molecular complexity index is 589. The smallest absolute Gasteiger partial charge is 0.245 e. The summed E-state index contributed by atoms with van der Waals surface area (Å²) in [5.41, 5.74) is 2.43. The fourth-order valence-electron chi connectivity index (χ4n) is 2.25. The highest BCUT2D eigenvalue weighted by atomic mass is 32.2. The summed E-state index contributed by atoms with van der Waals surface area (Å²) in [4.78, 5) is 13.5. The number of hydrogen-bond acceptors (Lipinski definition) is 3. The molecular formula is C14H22N2O3S. The van der Waals surface area contributed by atoms with Crippen LogP contribution in [0.4, 0.5) is 5.69 Å². The standard InChI is InChI=1S/C14H22N2O3S/c1-10-7-11(2)9-13(8-10)16(20(6,18)19)12(3)14(17)15(4)5/h7-9,12H,1-6H3. The molecule has 0 N–H and O–H groups in total. The molecule has 20 heavy (non-hydrogen) atoms. The number of anilines is 1. The Labute approximate surface area is 121 Å². The topological polar surface area (TPSA) is 57.7 Å². The van der Waals surface area contributed by atoms with E-state index in [0.717, 1.165) is 17.4 Å². The third-order valence-corrected chi connectivity index (χ3v) is 4.21. The van der Waals surface area contributed by atoms with Crippen molar-refractivity contribution in [3.63, 3.8) is 0 Å². The molecule has 0 saturated heterocycles. The number of sulfonamides is 1. The zero-order chi connectivity index (χ0) is 15.7.